The highest BCUT2D eigenvalue weighted by atomic mass is 32.2. The van der Waals surface area contributed by atoms with Gasteiger partial charge >= 0.3 is 0 Å². The van der Waals surface area contributed by atoms with Gasteiger partial charge in [0.15, 0.2) is 0 Å². The van der Waals surface area contributed by atoms with Gasteiger partial charge < -0.3 is 5.32 Å². The van der Waals surface area contributed by atoms with Crippen molar-refractivity contribution in [2.45, 2.75) is 58.4 Å². The number of hydrogen-bond acceptors (Lipinski definition) is 2. The van der Waals surface area contributed by atoms with Crippen molar-refractivity contribution in [3.05, 3.63) is 29.3 Å². The third-order valence-corrected chi connectivity index (χ3v) is 5.49. The molecule has 1 aliphatic rings. The van der Waals surface area contributed by atoms with Crippen molar-refractivity contribution in [2.75, 3.05) is 16.8 Å². The molecule has 2 rings (SSSR count). The summed E-state index contributed by atoms with van der Waals surface area (Å²) in [6, 6.07) is 7.30. The van der Waals surface area contributed by atoms with Crippen molar-refractivity contribution in [3.63, 3.8) is 0 Å². The van der Waals surface area contributed by atoms with E-state index in [1.165, 1.54) is 16.8 Å². The van der Waals surface area contributed by atoms with E-state index in [0.29, 0.717) is 17.9 Å². The van der Waals surface area contributed by atoms with Gasteiger partial charge in [0.1, 0.15) is 0 Å². The Morgan fingerprint density at radius 1 is 1.10 bits per heavy atom. The summed E-state index contributed by atoms with van der Waals surface area (Å²) in [6.45, 7) is 8.98. The van der Waals surface area contributed by atoms with Crippen LogP contribution in [0.5, 0.6) is 0 Å². The standard InChI is InChI=1S/C17H27NOS/c1-12(2)14-5-6-17(16(11-14)13(3)4)18-15-7-9-20(19)10-8-15/h5-6,11-13,15,18H,7-10H2,1-4H3. The molecule has 0 radical (unpaired) electrons. The number of anilines is 1. The predicted octanol–water partition coefficient (Wildman–Crippen LogP) is 4.26. The lowest BCUT2D eigenvalue weighted by Gasteiger charge is -2.26. The average molecular weight is 293 g/mol. The molecule has 0 amide bonds. The Morgan fingerprint density at radius 2 is 1.75 bits per heavy atom. The van der Waals surface area contributed by atoms with Crippen molar-refractivity contribution >= 4 is 16.5 Å². The molecule has 0 saturated carbocycles. The molecule has 1 aromatic rings. The lowest BCUT2D eigenvalue weighted by atomic mass is 9.93. The van der Waals surface area contributed by atoms with Gasteiger partial charge in [0.2, 0.25) is 0 Å². The quantitative estimate of drug-likeness (QED) is 0.899. The van der Waals surface area contributed by atoms with Gasteiger partial charge in [-0.2, -0.15) is 0 Å². The van der Waals surface area contributed by atoms with Crippen molar-refractivity contribution in [1.29, 1.82) is 0 Å². The molecule has 1 heterocycles. The molecule has 112 valence electrons. The maximum Gasteiger partial charge on any atom is 0.0377 e. The molecule has 1 saturated heterocycles. The van der Waals surface area contributed by atoms with E-state index in [0.717, 1.165) is 24.3 Å². The first kappa shape index (κ1) is 15.6. The second-order valence-electron chi connectivity index (χ2n) is 6.42. The topological polar surface area (TPSA) is 29.1 Å². The fraction of sp³-hybridized carbons (Fsp3) is 0.647. The summed E-state index contributed by atoms with van der Waals surface area (Å²) in [5, 5.41) is 3.68. The molecule has 0 atom stereocenters. The van der Waals surface area contributed by atoms with E-state index in [-0.39, 0.29) is 0 Å². The van der Waals surface area contributed by atoms with E-state index >= 15 is 0 Å². The molecule has 1 aromatic carbocycles. The Balaban J connectivity index is 2.16. The molecule has 0 aromatic heterocycles. The molecule has 3 heteroatoms. The molecular formula is C17H27NOS. The Labute approximate surface area is 125 Å². The van der Waals surface area contributed by atoms with Gasteiger partial charge in [0, 0.05) is 34.0 Å². The normalized spacial score (nSPS) is 23.3. The minimum Gasteiger partial charge on any atom is -0.382 e. The summed E-state index contributed by atoms with van der Waals surface area (Å²) in [7, 11) is -0.583. The third kappa shape index (κ3) is 3.85. The highest BCUT2D eigenvalue weighted by Crippen LogP contribution is 2.29. The zero-order valence-electron chi connectivity index (χ0n) is 13.1. The average Bonchev–Trinajstić information content (AvgIpc) is 2.41. The van der Waals surface area contributed by atoms with Gasteiger partial charge in [-0.15, -0.1) is 0 Å². The van der Waals surface area contributed by atoms with Gasteiger partial charge in [0.05, 0.1) is 0 Å². The second-order valence-corrected chi connectivity index (χ2v) is 8.12. The van der Waals surface area contributed by atoms with Crippen molar-refractivity contribution in [3.8, 4) is 0 Å². The summed E-state index contributed by atoms with van der Waals surface area (Å²) >= 11 is 0. The van der Waals surface area contributed by atoms with E-state index in [2.05, 4.69) is 51.2 Å². The van der Waals surface area contributed by atoms with Gasteiger partial charge in [-0.05, 0) is 41.9 Å². The fourth-order valence-electron chi connectivity index (χ4n) is 2.71. The van der Waals surface area contributed by atoms with Crippen molar-refractivity contribution < 1.29 is 4.21 Å². The zero-order chi connectivity index (χ0) is 14.7. The van der Waals surface area contributed by atoms with E-state index in [1.807, 2.05) is 0 Å². The van der Waals surface area contributed by atoms with Gasteiger partial charge in [0.25, 0.3) is 0 Å². The van der Waals surface area contributed by atoms with Crippen molar-refractivity contribution in [1.82, 2.24) is 0 Å². The molecule has 1 fully saturated rings. The summed E-state index contributed by atoms with van der Waals surface area (Å²) in [4.78, 5) is 0. The van der Waals surface area contributed by atoms with Crippen LogP contribution in [0.15, 0.2) is 18.2 Å². The van der Waals surface area contributed by atoms with Crippen LogP contribution in [-0.2, 0) is 10.8 Å². The monoisotopic (exact) mass is 293 g/mol. The molecule has 0 bridgehead atoms. The van der Waals surface area contributed by atoms with Crippen LogP contribution in [0.4, 0.5) is 5.69 Å². The molecule has 1 aliphatic heterocycles. The van der Waals surface area contributed by atoms with Crippen LogP contribution in [0.3, 0.4) is 0 Å². The van der Waals surface area contributed by atoms with Crippen molar-refractivity contribution in [2.24, 2.45) is 0 Å². The van der Waals surface area contributed by atoms with Crippen LogP contribution in [0.25, 0.3) is 0 Å². The summed E-state index contributed by atoms with van der Waals surface area (Å²) < 4.78 is 11.4. The van der Waals surface area contributed by atoms with Crippen LogP contribution < -0.4 is 5.32 Å². The van der Waals surface area contributed by atoms with Crippen LogP contribution in [-0.4, -0.2) is 21.8 Å². The molecule has 0 aliphatic carbocycles. The Morgan fingerprint density at radius 3 is 2.30 bits per heavy atom. The SMILES string of the molecule is CC(C)c1ccc(NC2CCS(=O)CC2)c(C(C)C)c1. The zero-order valence-corrected chi connectivity index (χ0v) is 13.9. The fourth-order valence-corrected chi connectivity index (χ4v) is 4.01. The lowest BCUT2D eigenvalue weighted by Crippen LogP contribution is -2.29. The van der Waals surface area contributed by atoms with E-state index in [9.17, 15) is 4.21 Å². The smallest absolute Gasteiger partial charge is 0.0377 e. The highest BCUT2D eigenvalue weighted by molar-refractivity contribution is 7.85. The number of rotatable bonds is 4. The van der Waals surface area contributed by atoms with Gasteiger partial charge in [-0.1, -0.05) is 39.8 Å². The number of nitrogens with one attached hydrogen (secondary N) is 1. The van der Waals surface area contributed by atoms with Crippen LogP contribution in [0, 0.1) is 0 Å². The van der Waals surface area contributed by atoms with E-state index in [4.69, 9.17) is 0 Å². The largest absolute Gasteiger partial charge is 0.382 e. The highest BCUT2D eigenvalue weighted by Gasteiger charge is 2.19. The lowest BCUT2D eigenvalue weighted by molar-refractivity contribution is 0.623. The predicted molar refractivity (Wildman–Crippen MR) is 89.1 cm³/mol. The van der Waals surface area contributed by atoms with Crippen LogP contribution >= 0.6 is 0 Å². The molecule has 2 nitrogen and oxygen atoms in total. The molecule has 20 heavy (non-hydrogen) atoms. The minimum absolute atomic E-state index is 0.482. The van der Waals surface area contributed by atoms with Crippen LogP contribution in [0.2, 0.25) is 0 Å². The Bertz CT molecular complexity index is 472. The van der Waals surface area contributed by atoms with E-state index < -0.39 is 10.8 Å². The first-order valence-electron chi connectivity index (χ1n) is 7.72. The Kier molecular flexibility index (Phi) is 5.25. The van der Waals surface area contributed by atoms with E-state index in [1.54, 1.807) is 0 Å². The minimum atomic E-state index is -0.583. The number of benzene rings is 1. The first-order chi connectivity index (χ1) is 9.47. The second kappa shape index (κ2) is 6.75. The maximum absolute atomic E-state index is 11.4. The van der Waals surface area contributed by atoms with Gasteiger partial charge in [-0.3, -0.25) is 4.21 Å². The Hall–Kier alpha value is -0.830. The van der Waals surface area contributed by atoms with Gasteiger partial charge in [-0.25, -0.2) is 0 Å². The van der Waals surface area contributed by atoms with Crippen LogP contribution in [0.1, 0.15) is 63.5 Å². The summed E-state index contributed by atoms with van der Waals surface area (Å²) in [6.07, 6.45) is 2.05. The summed E-state index contributed by atoms with van der Waals surface area (Å²) in [5.74, 6) is 2.78. The first-order valence-corrected chi connectivity index (χ1v) is 9.21. The molecule has 0 spiro atoms. The molecule has 0 unspecified atom stereocenters. The molecular weight excluding hydrogens is 266 g/mol. The molecule has 1 N–H and O–H groups in total. The maximum atomic E-state index is 11.4. The summed E-state index contributed by atoms with van der Waals surface area (Å²) in [5.41, 5.74) is 4.08. The number of hydrogen-bond donors (Lipinski definition) is 1. The third-order valence-electron chi connectivity index (χ3n) is 4.11.